The van der Waals surface area contributed by atoms with E-state index in [1.165, 1.54) is 11.3 Å². The number of benzene rings is 1. The average molecular weight is 362 g/mol. The molecular formula is C12H12BrNO3S2. The Morgan fingerprint density at radius 2 is 1.74 bits per heavy atom. The summed E-state index contributed by atoms with van der Waals surface area (Å²) in [4.78, 5) is 0. The summed E-state index contributed by atoms with van der Waals surface area (Å²) in [7, 11) is -3.46. The van der Waals surface area contributed by atoms with Gasteiger partial charge in [-0.05, 0) is 39.2 Å². The van der Waals surface area contributed by atoms with Crippen LogP contribution < -0.4 is 4.72 Å². The number of aliphatic hydroxyl groups is 1. The summed E-state index contributed by atoms with van der Waals surface area (Å²) in [5.41, 5.74) is 1.64. The van der Waals surface area contributed by atoms with Crippen molar-refractivity contribution in [1.82, 2.24) is 4.72 Å². The molecule has 0 saturated heterocycles. The minimum absolute atomic E-state index is 0.0186. The third kappa shape index (κ3) is 3.87. The molecule has 0 aliphatic rings. The van der Waals surface area contributed by atoms with Gasteiger partial charge >= 0.3 is 0 Å². The molecule has 0 unspecified atom stereocenters. The van der Waals surface area contributed by atoms with Crippen LogP contribution in [0.1, 0.15) is 11.1 Å². The van der Waals surface area contributed by atoms with Gasteiger partial charge in [-0.3, -0.25) is 0 Å². The zero-order valence-corrected chi connectivity index (χ0v) is 13.1. The predicted octanol–water partition coefficient (Wildman–Crippen LogP) is 2.48. The minimum Gasteiger partial charge on any atom is -0.392 e. The third-order valence-electron chi connectivity index (χ3n) is 2.49. The summed E-state index contributed by atoms with van der Waals surface area (Å²) in [5.74, 6) is 0. The van der Waals surface area contributed by atoms with Gasteiger partial charge in [0.15, 0.2) is 0 Å². The maximum absolute atomic E-state index is 12.0. The normalized spacial score (nSPS) is 11.7. The predicted molar refractivity (Wildman–Crippen MR) is 78.4 cm³/mol. The van der Waals surface area contributed by atoms with Crippen LogP contribution in [0.15, 0.2) is 44.4 Å². The molecule has 0 aliphatic heterocycles. The van der Waals surface area contributed by atoms with E-state index in [2.05, 4.69) is 20.7 Å². The summed E-state index contributed by atoms with van der Waals surface area (Å²) in [6.07, 6.45) is 0. The zero-order valence-electron chi connectivity index (χ0n) is 9.84. The van der Waals surface area contributed by atoms with Crippen molar-refractivity contribution in [2.24, 2.45) is 0 Å². The van der Waals surface area contributed by atoms with Crippen LogP contribution in [-0.4, -0.2) is 13.5 Å². The van der Waals surface area contributed by atoms with E-state index in [0.29, 0.717) is 0 Å². The van der Waals surface area contributed by atoms with Crippen molar-refractivity contribution in [3.8, 4) is 0 Å². The van der Waals surface area contributed by atoms with E-state index in [-0.39, 0.29) is 17.4 Å². The lowest BCUT2D eigenvalue weighted by Gasteiger charge is -2.05. The second-order valence-corrected chi connectivity index (χ2v) is 8.31. The fraction of sp³-hybridized carbons (Fsp3) is 0.167. The van der Waals surface area contributed by atoms with Gasteiger partial charge in [0.2, 0.25) is 10.0 Å². The lowest BCUT2D eigenvalue weighted by molar-refractivity contribution is 0.282. The Morgan fingerprint density at radius 3 is 2.26 bits per heavy atom. The van der Waals surface area contributed by atoms with E-state index in [1.54, 1.807) is 36.4 Å². The van der Waals surface area contributed by atoms with Crippen molar-refractivity contribution in [2.45, 2.75) is 17.4 Å². The van der Waals surface area contributed by atoms with Gasteiger partial charge in [0.25, 0.3) is 0 Å². The van der Waals surface area contributed by atoms with Gasteiger partial charge in [-0.15, -0.1) is 11.3 Å². The molecule has 0 bridgehead atoms. The second kappa shape index (κ2) is 6.15. The number of hydrogen-bond donors (Lipinski definition) is 2. The lowest BCUT2D eigenvalue weighted by atomic mass is 10.1. The van der Waals surface area contributed by atoms with Gasteiger partial charge in [-0.2, -0.15) is 0 Å². The monoisotopic (exact) mass is 361 g/mol. The highest BCUT2D eigenvalue weighted by Crippen LogP contribution is 2.25. The van der Waals surface area contributed by atoms with E-state index < -0.39 is 10.0 Å². The number of halogens is 1. The average Bonchev–Trinajstić information content (AvgIpc) is 2.85. The van der Waals surface area contributed by atoms with E-state index in [0.717, 1.165) is 14.9 Å². The van der Waals surface area contributed by atoms with Crippen molar-refractivity contribution in [1.29, 1.82) is 0 Å². The van der Waals surface area contributed by atoms with Crippen molar-refractivity contribution < 1.29 is 13.5 Å². The Labute approximate surface area is 124 Å². The van der Waals surface area contributed by atoms with Gasteiger partial charge in [-0.1, -0.05) is 24.3 Å². The van der Waals surface area contributed by atoms with Crippen molar-refractivity contribution in [3.05, 3.63) is 51.3 Å². The van der Waals surface area contributed by atoms with Gasteiger partial charge in [-0.25, -0.2) is 13.1 Å². The molecule has 0 radical (unpaired) electrons. The number of nitrogens with one attached hydrogen (secondary N) is 1. The van der Waals surface area contributed by atoms with Crippen LogP contribution in [0.2, 0.25) is 0 Å². The number of rotatable bonds is 5. The molecule has 2 N–H and O–H groups in total. The van der Waals surface area contributed by atoms with E-state index in [1.807, 2.05) is 0 Å². The molecule has 0 amide bonds. The summed E-state index contributed by atoms with van der Waals surface area (Å²) in [6, 6.07) is 10.4. The summed E-state index contributed by atoms with van der Waals surface area (Å²) < 4.78 is 27.6. The number of aliphatic hydroxyl groups excluding tert-OH is 1. The number of sulfonamides is 1. The quantitative estimate of drug-likeness (QED) is 0.859. The van der Waals surface area contributed by atoms with Crippen LogP contribution in [0.4, 0.5) is 0 Å². The fourth-order valence-corrected chi connectivity index (χ4v) is 4.53. The summed E-state index contributed by atoms with van der Waals surface area (Å²) in [5, 5.41) is 8.92. The van der Waals surface area contributed by atoms with Crippen molar-refractivity contribution in [3.63, 3.8) is 0 Å². The first-order valence-corrected chi connectivity index (χ1v) is 8.54. The summed E-state index contributed by atoms with van der Waals surface area (Å²) >= 11 is 4.41. The first kappa shape index (κ1) is 14.7. The topological polar surface area (TPSA) is 66.4 Å². The van der Waals surface area contributed by atoms with Crippen molar-refractivity contribution in [2.75, 3.05) is 0 Å². The molecule has 0 aliphatic carbocycles. The molecule has 102 valence electrons. The fourth-order valence-electron chi connectivity index (χ4n) is 1.45. The lowest BCUT2D eigenvalue weighted by Crippen LogP contribution is -2.22. The molecule has 19 heavy (non-hydrogen) atoms. The molecule has 1 aromatic carbocycles. The van der Waals surface area contributed by atoms with Crippen LogP contribution in [0.25, 0.3) is 0 Å². The molecule has 0 saturated carbocycles. The maximum Gasteiger partial charge on any atom is 0.250 e. The van der Waals surface area contributed by atoms with Crippen molar-refractivity contribution >= 4 is 37.3 Å². The van der Waals surface area contributed by atoms with Crippen LogP contribution in [0.3, 0.4) is 0 Å². The smallest absolute Gasteiger partial charge is 0.250 e. The number of hydrogen-bond acceptors (Lipinski definition) is 4. The highest BCUT2D eigenvalue weighted by atomic mass is 79.9. The standard InChI is InChI=1S/C12H12BrNO3S2/c13-11-5-6-12(18-11)19(16,17)14-7-9-1-3-10(8-15)4-2-9/h1-6,14-15H,7-8H2. The molecule has 2 aromatic rings. The van der Waals surface area contributed by atoms with Gasteiger partial charge in [0.1, 0.15) is 4.21 Å². The molecule has 0 fully saturated rings. The molecule has 0 spiro atoms. The Hall–Kier alpha value is -0.730. The molecule has 0 atom stereocenters. The van der Waals surface area contributed by atoms with E-state index >= 15 is 0 Å². The largest absolute Gasteiger partial charge is 0.392 e. The Morgan fingerprint density at radius 1 is 1.11 bits per heavy atom. The molecule has 1 aromatic heterocycles. The highest BCUT2D eigenvalue weighted by molar-refractivity contribution is 9.11. The second-order valence-electron chi connectivity index (χ2n) is 3.86. The van der Waals surface area contributed by atoms with Gasteiger partial charge in [0, 0.05) is 6.54 Å². The van der Waals surface area contributed by atoms with Gasteiger partial charge < -0.3 is 5.11 Å². The minimum atomic E-state index is -3.46. The van der Waals surface area contributed by atoms with E-state index in [9.17, 15) is 8.42 Å². The SMILES string of the molecule is O=S(=O)(NCc1ccc(CO)cc1)c1ccc(Br)s1. The summed E-state index contributed by atoms with van der Waals surface area (Å²) in [6.45, 7) is 0.207. The number of thiophene rings is 1. The third-order valence-corrected chi connectivity index (χ3v) is 6.00. The maximum atomic E-state index is 12.0. The highest BCUT2D eigenvalue weighted by Gasteiger charge is 2.15. The van der Waals surface area contributed by atoms with Crippen LogP contribution in [-0.2, 0) is 23.2 Å². The van der Waals surface area contributed by atoms with Crippen LogP contribution in [0, 0.1) is 0 Å². The molecule has 2 rings (SSSR count). The van der Waals surface area contributed by atoms with Gasteiger partial charge in [0.05, 0.1) is 10.4 Å². The first-order valence-electron chi connectivity index (χ1n) is 5.45. The Balaban J connectivity index is 2.05. The molecule has 4 nitrogen and oxygen atoms in total. The van der Waals surface area contributed by atoms with E-state index in [4.69, 9.17) is 5.11 Å². The molecule has 1 heterocycles. The first-order chi connectivity index (χ1) is 9.01. The Bertz CT molecular complexity index is 650. The molecular weight excluding hydrogens is 350 g/mol. The van der Waals surface area contributed by atoms with Crippen LogP contribution in [0.5, 0.6) is 0 Å². The van der Waals surface area contributed by atoms with Crippen LogP contribution >= 0.6 is 27.3 Å². The Kier molecular flexibility index (Phi) is 4.75. The zero-order chi connectivity index (χ0) is 13.9. The molecule has 7 heteroatoms.